The van der Waals surface area contributed by atoms with Crippen LogP contribution in [0.5, 0.6) is 0 Å². The zero-order valence-corrected chi connectivity index (χ0v) is 18.2. The number of para-hydroxylation sites is 1. The van der Waals surface area contributed by atoms with Crippen LogP contribution in [0.25, 0.3) is 22.1 Å². The molecule has 0 spiro atoms. The highest BCUT2D eigenvalue weighted by Gasteiger charge is 2.27. The highest BCUT2D eigenvalue weighted by molar-refractivity contribution is 8.00. The van der Waals surface area contributed by atoms with Gasteiger partial charge in [-0.25, -0.2) is 9.97 Å². The Bertz CT molecular complexity index is 1200. The summed E-state index contributed by atoms with van der Waals surface area (Å²) in [5, 5.41) is 1.44. The van der Waals surface area contributed by atoms with E-state index in [-0.39, 0.29) is 11.2 Å². The number of carbonyl (C=O) groups excluding carboxylic acids is 1. The molecule has 1 saturated heterocycles. The van der Waals surface area contributed by atoms with Crippen LogP contribution in [0.1, 0.15) is 12.5 Å². The highest BCUT2D eigenvalue weighted by atomic mass is 32.2. The van der Waals surface area contributed by atoms with Crippen molar-refractivity contribution in [3.05, 3.63) is 66.5 Å². The Labute approximate surface area is 185 Å². The summed E-state index contributed by atoms with van der Waals surface area (Å²) in [5.74, 6) is 0.146. The first-order valence-corrected chi connectivity index (χ1v) is 11.4. The van der Waals surface area contributed by atoms with Crippen LogP contribution in [0.4, 0.5) is 0 Å². The number of hydrogen-bond acceptors (Lipinski definition) is 6. The Kier molecular flexibility index (Phi) is 5.61. The molecule has 6 nitrogen and oxygen atoms in total. The van der Waals surface area contributed by atoms with Crippen LogP contribution in [0.3, 0.4) is 0 Å². The Morgan fingerprint density at radius 3 is 2.58 bits per heavy atom. The summed E-state index contributed by atoms with van der Waals surface area (Å²) >= 11 is 1.44. The molecule has 7 heteroatoms. The smallest absolute Gasteiger partial charge is 0.235 e. The summed E-state index contributed by atoms with van der Waals surface area (Å²) in [6, 6.07) is 18.3. The molecule has 0 saturated carbocycles. The van der Waals surface area contributed by atoms with Crippen LogP contribution in [0.15, 0.2) is 70.4 Å². The lowest BCUT2D eigenvalue weighted by Gasteiger charge is -2.35. The largest absolute Gasteiger partial charge is 0.451 e. The first-order valence-electron chi connectivity index (χ1n) is 10.5. The quantitative estimate of drug-likeness (QED) is 0.348. The summed E-state index contributed by atoms with van der Waals surface area (Å²) in [4.78, 5) is 26.3. The van der Waals surface area contributed by atoms with Crippen LogP contribution in [-0.2, 0) is 11.3 Å². The zero-order valence-electron chi connectivity index (χ0n) is 17.4. The number of amides is 1. The maximum atomic E-state index is 13.1. The lowest BCUT2D eigenvalue weighted by atomic mass is 10.2. The third kappa shape index (κ3) is 4.16. The molecule has 1 aliphatic heterocycles. The van der Waals surface area contributed by atoms with Crippen molar-refractivity contribution in [3.63, 3.8) is 0 Å². The standard InChI is InChI=1S/C24H24N4O2S/c1-17(24(29)28-13-11-27(12-14-28)15-18-7-3-2-4-8-18)31-23-22-21(25-16-26-23)19-9-5-6-10-20(19)30-22/h2-10,16-17H,11-15H2,1H3/t17-/m1/s1. The van der Waals surface area contributed by atoms with Crippen molar-refractivity contribution in [1.29, 1.82) is 0 Å². The van der Waals surface area contributed by atoms with Gasteiger partial charge in [0.05, 0.1) is 5.25 Å². The number of benzene rings is 2. The molecule has 2 aromatic heterocycles. The Morgan fingerprint density at radius 1 is 1.03 bits per heavy atom. The fraction of sp³-hybridized carbons (Fsp3) is 0.292. The van der Waals surface area contributed by atoms with Crippen molar-refractivity contribution in [1.82, 2.24) is 19.8 Å². The average Bonchev–Trinajstić information content (AvgIpc) is 3.20. The number of fused-ring (bicyclic) bond motifs is 3. The topological polar surface area (TPSA) is 62.5 Å². The summed E-state index contributed by atoms with van der Waals surface area (Å²) in [6.45, 7) is 6.15. The molecule has 1 aliphatic rings. The minimum Gasteiger partial charge on any atom is -0.451 e. The van der Waals surface area contributed by atoms with Gasteiger partial charge in [0.1, 0.15) is 22.5 Å². The van der Waals surface area contributed by atoms with Crippen molar-refractivity contribution in [2.45, 2.75) is 23.7 Å². The summed E-state index contributed by atoms with van der Waals surface area (Å²) in [6.07, 6.45) is 1.55. The van der Waals surface area contributed by atoms with Gasteiger partial charge in [-0.1, -0.05) is 54.2 Å². The van der Waals surface area contributed by atoms with E-state index in [0.29, 0.717) is 10.6 Å². The van der Waals surface area contributed by atoms with Gasteiger partial charge in [0.25, 0.3) is 0 Å². The monoisotopic (exact) mass is 432 g/mol. The molecule has 0 radical (unpaired) electrons. The average molecular weight is 433 g/mol. The van der Waals surface area contributed by atoms with E-state index in [0.717, 1.165) is 49.2 Å². The zero-order chi connectivity index (χ0) is 21.2. The second kappa shape index (κ2) is 8.69. The van der Waals surface area contributed by atoms with Gasteiger partial charge in [-0.3, -0.25) is 9.69 Å². The maximum absolute atomic E-state index is 13.1. The van der Waals surface area contributed by atoms with Crippen molar-refractivity contribution in [2.75, 3.05) is 26.2 Å². The molecule has 2 aromatic carbocycles. The molecular weight excluding hydrogens is 408 g/mol. The number of rotatable bonds is 5. The van der Waals surface area contributed by atoms with E-state index in [1.54, 1.807) is 6.33 Å². The first-order chi connectivity index (χ1) is 15.2. The lowest BCUT2D eigenvalue weighted by molar-refractivity contribution is -0.132. The third-order valence-electron chi connectivity index (χ3n) is 5.69. The minimum atomic E-state index is -0.244. The maximum Gasteiger partial charge on any atom is 0.235 e. The van der Waals surface area contributed by atoms with Gasteiger partial charge in [-0.2, -0.15) is 0 Å². The number of hydrogen-bond donors (Lipinski definition) is 0. The first kappa shape index (κ1) is 20.0. The molecule has 158 valence electrons. The Hall–Kier alpha value is -2.90. The molecule has 0 bridgehead atoms. The molecule has 3 heterocycles. The van der Waals surface area contributed by atoms with Crippen molar-refractivity contribution >= 4 is 39.7 Å². The van der Waals surface area contributed by atoms with Crippen molar-refractivity contribution in [3.8, 4) is 0 Å². The molecule has 4 aromatic rings. The van der Waals surface area contributed by atoms with Crippen molar-refractivity contribution < 1.29 is 9.21 Å². The molecule has 1 amide bonds. The minimum absolute atomic E-state index is 0.146. The van der Waals surface area contributed by atoms with Gasteiger partial charge >= 0.3 is 0 Å². The van der Waals surface area contributed by atoms with Crippen LogP contribution in [-0.4, -0.2) is 57.1 Å². The third-order valence-corrected chi connectivity index (χ3v) is 6.76. The molecule has 0 N–H and O–H groups in total. The second-order valence-corrected chi connectivity index (χ2v) is 9.13. The van der Waals surface area contributed by atoms with Gasteiger partial charge in [-0.15, -0.1) is 0 Å². The number of aromatic nitrogens is 2. The van der Waals surface area contributed by atoms with Gasteiger partial charge in [-0.05, 0) is 24.6 Å². The van der Waals surface area contributed by atoms with Crippen LogP contribution in [0, 0.1) is 0 Å². The summed E-state index contributed by atoms with van der Waals surface area (Å²) in [7, 11) is 0. The molecule has 0 unspecified atom stereocenters. The fourth-order valence-corrected chi connectivity index (χ4v) is 4.97. The van der Waals surface area contributed by atoms with E-state index >= 15 is 0 Å². The SMILES string of the molecule is C[C@@H](Sc1ncnc2c1oc1ccccc12)C(=O)N1CCN(Cc2ccccc2)CC1. The van der Waals surface area contributed by atoms with Gasteiger partial charge in [0.2, 0.25) is 5.91 Å². The van der Waals surface area contributed by atoms with Gasteiger partial charge in [0.15, 0.2) is 5.58 Å². The summed E-state index contributed by atoms with van der Waals surface area (Å²) in [5.41, 5.74) is 3.54. The van der Waals surface area contributed by atoms with Gasteiger partial charge in [0, 0.05) is 38.1 Å². The highest BCUT2D eigenvalue weighted by Crippen LogP contribution is 2.34. The number of furan rings is 1. The van der Waals surface area contributed by atoms with Crippen molar-refractivity contribution in [2.24, 2.45) is 0 Å². The molecule has 5 rings (SSSR count). The number of nitrogens with zero attached hydrogens (tertiary/aromatic N) is 4. The van der Waals surface area contributed by atoms with Crippen LogP contribution < -0.4 is 0 Å². The predicted octanol–water partition coefficient (Wildman–Crippen LogP) is 4.20. The van der Waals surface area contributed by atoms with E-state index in [2.05, 4.69) is 39.1 Å². The number of carbonyl (C=O) groups is 1. The van der Waals surface area contributed by atoms with Crippen LogP contribution >= 0.6 is 11.8 Å². The summed E-state index contributed by atoms with van der Waals surface area (Å²) < 4.78 is 6.00. The van der Waals surface area contributed by atoms with E-state index in [9.17, 15) is 4.79 Å². The molecule has 31 heavy (non-hydrogen) atoms. The van der Waals surface area contributed by atoms with Gasteiger partial charge < -0.3 is 9.32 Å². The van der Waals surface area contributed by atoms with Crippen LogP contribution in [0.2, 0.25) is 0 Å². The lowest BCUT2D eigenvalue weighted by Crippen LogP contribution is -2.50. The second-order valence-electron chi connectivity index (χ2n) is 7.80. The number of thioether (sulfide) groups is 1. The van der Waals surface area contributed by atoms with E-state index < -0.39 is 0 Å². The van der Waals surface area contributed by atoms with E-state index in [1.165, 1.54) is 17.3 Å². The molecule has 0 aliphatic carbocycles. The Morgan fingerprint density at radius 2 is 1.77 bits per heavy atom. The van der Waals surface area contributed by atoms with E-state index in [1.807, 2.05) is 42.2 Å². The molecular formula is C24H24N4O2S. The predicted molar refractivity (Wildman–Crippen MR) is 123 cm³/mol. The number of piperazine rings is 1. The molecule has 1 fully saturated rings. The van der Waals surface area contributed by atoms with E-state index in [4.69, 9.17) is 4.42 Å². The molecule has 1 atom stereocenters. The fourth-order valence-electron chi connectivity index (χ4n) is 4.03. The normalized spacial score (nSPS) is 16.1. The Balaban J connectivity index is 1.24.